The third-order valence-corrected chi connectivity index (χ3v) is 5.61. The highest BCUT2D eigenvalue weighted by molar-refractivity contribution is 6.30. The van der Waals surface area contributed by atoms with Crippen LogP contribution in [0.15, 0.2) is 88.8 Å². The molecule has 0 aliphatic carbocycles. The minimum atomic E-state index is -0.119. The van der Waals surface area contributed by atoms with E-state index in [1.54, 1.807) is 13.2 Å². The SMILES string of the molecule is COc1ccc(C2CC3=C4C(=CN=C(c5ccc(Cl)cc5)N42)C=CC(=O)N3)cc1. The highest BCUT2D eigenvalue weighted by atomic mass is 35.5. The number of carbonyl (C=O) groups is 1. The van der Waals surface area contributed by atoms with Crippen LogP contribution in [0.4, 0.5) is 0 Å². The van der Waals surface area contributed by atoms with Crippen molar-refractivity contribution in [3.63, 3.8) is 0 Å². The molecular formula is C23H18ClN3O2. The lowest BCUT2D eigenvalue weighted by Gasteiger charge is -2.33. The molecule has 5 rings (SSSR count). The summed E-state index contributed by atoms with van der Waals surface area (Å²) in [4.78, 5) is 19.2. The highest BCUT2D eigenvalue weighted by Gasteiger charge is 2.40. The van der Waals surface area contributed by atoms with E-state index in [1.165, 1.54) is 0 Å². The van der Waals surface area contributed by atoms with Crippen LogP contribution < -0.4 is 10.1 Å². The molecule has 3 heterocycles. The second kappa shape index (κ2) is 6.94. The van der Waals surface area contributed by atoms with Crippen LogP contribution in [0.2, 0.25) is 5.02 Å². The Balaban J connectivity index is 1.64. The van der Waals surface area contributed by atoms with Gasteiger partial charge in [0.2, 0.25) is 5.91 Å². The summed E-state index contributed by atoms with van der Waals surface area (Å²) in [5.41, 5.74) is 4.92. The number of amidine groups is 1. The maximum atomic E-state index is 12.2. The van der Waals surface area contributed by atoms with Gasteiger partial charge in [0.05, 0.1) is 18.8 Å². The zero-order valence-electron chi connectivity index (χ0n) is 15.7. The van der Waals surface area contributed by atoms with Gasteiger partial charge in [0.25, 0.3) is 0 Å². The third-order valence-electron chi connectivity index (χ3n) is 5.35. The monoisotopic (exact) mass is 403 g/mol. The molecule has 29 heavy (non-hydrogen) atoms. The fourth-order valence-electron chi connectivity index (χ4n) is 4.00. The van der Waals surface area contributed by atoms with Crippen molar-refractivity contribution in [3.05, 3.63) is 100.0 Å². The number of benzene rings is 2. The molecule has 1 atom stereocenters. The predicted octanol–water partition coefficient (Wildman–Crippen LogP) is 4.34. The van der Waals surface area contributed by atoms with E-state index in [9.17, 15) is 4.79 Å². The summed E-state index contributed by atoms with van der Waals surface area (Å²) in [6, 6.07) is 15.7. The minimum absolute atomic E-state index is 0.0100. The molecule has 1 N–H and O–H groups in total. The largest absolute Gasteiger partial charge is 0.497 e. The van der Waals surface area contributed by atoms with Gasteiger partial charge in [-0.05, 0) is 48.0 Å². The summed E-state index contributed by atoms with van der Waals surface area (Å²) in [6.45, 7) is 0. The third kappa shape index (κ3) is 3.04. The number of aliphatic imine (C=N–C) groups is 1. The molecule has 1 unspecified atom stereocenters. The number of allylic oxidation sites excluding steroid dienone is 1. The molecule has 0 saturated carbocycles. The van der Waals surface area contributed by atoms with Gasteiger partial charge in [-0.1, -0.05) is 23.7 Å². The molecule has 0 saturated heterocycles. The number of hydrogen-bond donors (Lipinski definition) is 1. The van der Waals surface area contributed by atoms with Crippen LogP contribution >= 0.6 is 11.6 Å². The van der Waals surface area contributed by atoms with Crippen LogP contribution in [0.3, 0.4) is 0 Å². The Morgan fingerprint density at radius 1 is 1.10 bits per heavy atom. The number of rotatable bonds is 3. The summed E-state index contributed by atoms with van der Waals surface area (Å²) >= 11 is 6.09. The molecule has 2 aromatic rings. The molecule has 0 bridgehead atoms. The van der Waals surface area contributed by atoms with Gasteiger partial charge in [0, 0.05) is 40.6 Å². The van der Waals surface area contributed by atoms with Crippen LogP contribution in [0, 0.1) is 0 Å². The van der Waals surface area contributed by atoms with Crippen LogP contribution in [0.5, 0.6) is 5.75 Å². The van der Waals surface area contributed by atoms with E-state index in [4.69, 9.17) is 21.3 Å². The van der Waals surface area contributed by atoms with Gasteiger partial charge in [-0.2, -0.15) is 0 Å². The maximum Gasteiger partial charge on any atom is 0.248 e. The molecule has 6 heteroatoms. The number of nitrogens with one attached hydrogen (secondary N) is 1. The first-order chi connectivity index (χ1) is 14.1. The first-order valence-electron chi connectivity index (χ1n) is 9.34. The Hall–Kier alpha value is -3.31. The van der Waals surface area contributed by atoms with E-state index in [2.05, 4.69) is 22.3 Å². The molecular weight excluding hydrogens is 386 g/mol. The molecule has 3 aliphatic heterocycles. The summed E-state index contributed by atoms with van der Waals surface area (Å²) in [6.07, 6.45) is 5.87. The van der Waals surface area contributed by atoms with Crippen molar-refractivity contribution in [1.29, 1.82) is 0 Å². The molecule has 1 amide bonds. The van der Waals surface area contributed by atoms with E-state index < -0.39 is 0 Å². The van der Waals surface area contributed by atoms with E-state index in [1.807, 2.05) is 48.7 Å². The van der Waals surface area contributed by atoms with Gasteiger partial charge in [-0.3, -0.25) is 4.79 Å². The first kappa shape index (κ1) is 17.8. The van der Waals surface area contributed by atoms with Crippen molar-refractivity contribution in [2.45, 2.75) is 12.5 Å². The minimum Gasteiger partial charge on any atom is -0.497 e. The summed E-state index contributed by atoms with van der Waals surface area (Å²) in [5, 5.41) is 3.72. The molecule has 3 aliphatic rings. The Morgan fingerprint density at radius 2 is 1.86 bits per heavy atom. The molecule has 5 nitrogen and oxygen atoms in total. The lowest BCUT2D eigenvalue weighted by atomic mass is 10.0. The standard InChI is InChI=1S/C23H18ClN3O2/c1-29-18-9-4-14(5-10-18)20-12-19-22-16(6-11-21(28)26-19)13-25-23(27(20)22)15-2-7-17(24)8-3-15/h2-11,13,20H,12H2,1H3,(H,26,28). The lowest BCUT2D eigenvalue weighted by Crippen LogP contribution is -2.33. The number of nitrogens with zero attached hydrogens (tertiary/aromatic N) is 2. The van der Waals surface area contributed by atoms with E-state index >= 15 is 0 Å². The second-order valence-corrected chi connectivity index (χ2v) is 7.49. The van der Waals surface area contributed by atoms with Gasteiger partial charge in [0.1, 0.15) is 11.6 Å². The van der Waals surface area contributed by atoms with Crippen LogP contribution in [0.25, 0.3) is 0 Å². The van der Waals surface area contributed by atoms with E-state index in [0.29, 0.717) is 11.4 Å². The number of amides is 1. The summed E-state index contributed by atoms with van der Waals surface area (Å²) in [7, 11) is 1.66. The maximum absolute atomic E-state index is 12.2. The number of methoxy groups -OCH3 is 1. The second-order valence-electron chi connectivity index (χ2n) is 7.06. The van der Waals surface area contributed by atoms with E-state index in [0.717, 1.165) is 39.7 Å². The van der Waals surface area contributed by atoms with Gasteiger partial charge in [0.15, 0.2) is 0 Å². The average molecular weight is 404 g/mol. The van der Waals surface area contributed by atoms with Crippen LogP contribution in [-0.4, -0.2) is 23.8 Å². The van der Waals surface area contributed by atoms with Crippen molar-refractivity contribution in [3.8, 4) is 5.75 Å². The average Bonchev–Trinajstić information content (AvgIpc) is 3.04. The molecule has 0 fully saturated rings. The molecule has 0 spiro atoms. The molecule has 0 radical (unpaired) electrons. The highest BCUT2D eigenvalue weighted by Crippen LogP contribution is 2.45. The Kier molecular flexibility index (Phi) is 4.25. The van der Waals surface area contributed by atoms with Crippen molar-refractivity contribution < 1.29 is 9.53 Å². The van der Waals surface area contributed by atoms with Crippen molar-refractivity contribution in [2.75, 3.05) is 7.11 Å². The fraction of sp³-hybridized carbons (Fsp3) is 0.130. The van der Waals surface area contributed by atoms with E-state index in [-0.39, 0.29) is 11.9 Å². The van der Waals surface area contributed by atoms with Gasteiger partial charge < -0.3 is 15.0 Å². The number of ether oxygens (including phenoxy) is 1. The Bertz CT molecular complexity index is 1110. The normalized spacial score (nSPS) is 20.0. The molecule has 144 valence electrons. The zero-order valence-corrected chi connectivity index (χ0v) is 16.5. The Morgan fingerprint density at radius 3 is 2.59 bits per heavy atom. The van der Waals surface area contributed by atoms with Crippen molar-refractivity contribution in [1.82, 2.24) is 10.2 Å². The van der Waals surface area contributed by atoms with Gasteiger partial charge in [-0.15, -0.1) is 0 Å². The smallest absolute Gasteiger partial charge is 0.248 e. The Labute approximate surface area is 173 Å². The summed E-state index contributed by atoms with van der Waals surface area (Å²) in [5.74, 6) is 1.52. The lowest BCUT2D eigenvalue weighted by molar-refractivity contribution is -0.115. The number of hydrogen-bond acceptors (Lipinski definition) is 4. The first-order valence-corrected chi connectivity index (χ1v) is 9.71. The number of carbonyl (C=O) groups excluding carboxylic acids is 1. The number of halogens is 1. The van der Waals surface area contributed by atoms with Gasteiger partial charge in [-0.25, -0.2) is 4.99 Å². The van der Waals surface area contributed by atoms with Crippen LogP contribution in [-0.2, 0) is 4.79 Å². The predicted molar refractivity (Wildman–Crippen MR) is 113 cm³/mol. The molecule has 0 aromatic heterocycles. The summed E-state index contributed by atoms with van der Waals surface area (Å²) < 4.78 is 5.30. The van der Waals surface area contributed by atoms with Crippen LogP contribution in [0.1, 0.15) is 23.6 Å². The fourth-order valence-corrected chi connectivity index (χ4v) is 4.12. The quantitative estimate of drug-likeness (QED) is 0.829. The zero-order chi connectivity index (χ0) is 20.0. The van der Waals surface area contributed by atoms with Crippen molar-refractivity contribution >= 4 is 23.3 Å². The van der Waals surface area contributed by atoms with Gasteiger partial charge >= 0.3 is 0 Å². The topological polar surface area (TPSA) is 53.9 Å². The van der Waals surface area contributed by atoms with Crippen molar-refractivity contribution in [2.24, 2.45) is 4.99 Å². The molecule has 2 aromatic carbocycles.